The van der Waals surface area contributed by atoms with Crippen LogP contribution in [0, 0.1) is 0 Å². The molecule has 0 unspecified atom stereocenters. The third-order valence-corrected chi connectivity index (χ3v) is 5.67. The van der Waals surface area contributed by atoms with Crippen LogP contribution in [0.25, 0.3) is 0 Å². The highest BCUT2D eigenvalue weighted by atomic mass is 16.3. The molecular weight excluding hydrogens is 416 g/mol. The van der Waals surface area contributed by atoms with Gasteiger partial charge in [0.25, 0.3) is 0 Å². The molecule has 0 heterocycles. The van der Waals surface area contributed by atoms with Crippen molar-refractivity contribution in [1.82, 2.24) is 16.0 Å². The monoisotopic (exact) mass is 462 g/mol. The molecule has 7 nitrogen and oxygen atoms in total. The van der Waals surface area contributed by atoms with Gasteiger partial charge < -0.3 is 26.8 Å². The Balaban J connectivity index is 2.30. The van der Waals surface area contributed by atoms with E-state index in [1.54, 1.807) is 24.3 Å². The summed E-state index contributed by atoms with van der Waals surface area (Å²) in [6.07, 6.45) is 11.6. The number of rotatable bonds is 20. The van der Waals surface area contributed by atoms with Crippen LogP contribution in [-0.2, 0) is 16.0 Å². The minimum absolute atomic E-state index is 0.0834. The van der Waals surface area contributed by atoms with Crippen LogP contribution in [-0.4, -0.2) is 49.1 Å². The number of phenolic OH excluding ortho intramolecular Hbond substituents is 1. The predicted molar refractivity (Wildman–Crippen MR) is 135 cm³/mol. The number of hydrogen-bond donors (Lipinski definition) is 5. The maximum atomic E-state index is 12.8. The number of nitrogens with two attached hydrogens (primary N) is 1. The van der Waals surface area contributed by atoms with E-state index in [0.717, 1.165) is 63.7 Å². The number of nitrogens with one attached hydrogen (secondary N) is 3. The number of benzene rings is 1. The zero-order chi connectivity index (χ0) is 24.2. The third-order valence-electron chi connectivity index (χ3n) is 5.67. The Labute approximate surface area is 200 Å². The van der Waals surface area contributed by atoms with Crippen molar-refractivity contribution in [3.05, 3.63) is 29.8 Å². The number of hydrogen-bond acceptors (Lipinski definition) is 5. The van der Waals surface area contributed by atoms with Gasteiger partial charge in [0.15, 0.2) is 0 Å². The fourth-order valence-corrected chi connectivity index (χ4v) is 3.65. The molecule has 0 aromatic heterocycles. The van der Waals surface area contributed by atoms with E-state index in [1.165, 1.54) is 25.7 Å². The highest BCUT2D eigenvalue weighted by molar-refractivity contribution is 5.87. The van der Waals surface area contributed by atoms with Gasteiger partial charge in [0.2, 0.25) is 11.8 Å². The number of carbonyl (C=O) groups is 2. The van der Waals surface area contributed by atoms with Crippen LogP contribution in [0.2, 0.25) is 0 Å². The normalized spacial score (nSPS) is 11.8. The van der Waals surface area contributed by atoms with Crippen LogP contribution in [0.5, 0.6) is 5.75 Å². The fourth-order valence-electron chi connectivity index (χ4n) is 3.65. The lowest BCUT2D eigenvalue weighted by Gasteiger charge is -2.19. The van der Waals surface area contributed by atoms with Crippen molar-refractivity contribution < 1.29 is 14.7 Å². The molecule has 1 atom stereocenters. The average Bonchev–Trinajstić information content (AvgIpc) is 2.80. The summed E-state index contributed by atoms with van der Waals surface area (Å²) in [6.45, 7) is 5.52. The van der Waals surface area contributed by atoms with Gasteiger partial charge in [-0.25, -0.2) is 0 Å². The van der Waals surface area contributed by atoms with Crippen LogP contribution in [0.4, 0.5) is 0 Å². The fraction of sp³-hybridized carbons (Fsp3) is 0.692. The molecule has 0 spiro atoms. The first-order chi connectivity index (χ1) is 16.1. The number of aromatic hydroxyl groups is 1. The number of unbranched alkanes of at least 4 members (excludes halogenated alkanes) is 7. The van der Waals surface area contributed by atoms with E-state index in [0.29, 0.717) is 19.4 Å². The maximum absolute atomic E-state index is 12.8. The lowest BCUT2D eigenvalue weighted by molar-refractivity contribution is -0.129. The molecule has 0 saturated heterocycles. The van der Waals surface area contributed by atoms with Crippen molar-refractivity contribution in [2.45, 2.75) is 90.0 Å². The molecule has 0 aliphatic rings. The summed E-state index contributed by atoms with van der Waals surface area (Å²) >= 11 is 0. The summed E-state index contributed by atoms with van der Waals surface area (Å²) in [4.78, 5) is 25.1. The Hall–Kier alpha value is -2.12. The molecule has 33 heavy (non-hydrogen) atoms. The summed E-state index contributed by atoms with van der Waals surface area (Å²) in [7, 11) is 0. The van der Waals surface area contributed by atoms with Gasteiger partial charge >= 0.3 is 0 Å². The number of carbonyl (C=O) groups excluding carboxylic acids is 2. The minimum Gasteiger partial charge on any atom is -0.508 e. The molecule has 1 aromatic carbocycles. The standard InChI is InChI=1S/C26H46N4O3/c1-2-3-8-12-25(32)30-24(21-22-13-15-23(31)16-14-22)26(33)29-20-10-7-5-4-6-9-18-28-19-11-17-27/h13-16,24,28,31H,2-12,17-21,27H2,1H3,(H,29,33)(H,30,32)/t24-/m0/s1. The molecule has 0 aliphatic carbocycles. The van der Waals surface area contributed by atoms with Crippen LogP contribution in [0.1, 0.15) is 83.1 Å². The number of phenols is 1. The quantitative estimate of drug-likeness (QED) is 0.190. The third kappa shape index (κ3) is 15.4. The van der Waals surface area contributed by atoms with Gasteiger partial charge in [-0.2, -0.15) is 0 Å². The second kappa shape index (κ2) is 19.4. The first-order valence-electron chi connectivity index (χ1n) is 12.8. The molecule has 188 valence electrons. The SMILES string of the molecule is CCCCCC(=O)N[C@@H](Cc1ccc(O)cc1)C(=O)NCCCCCCCCNCCCN. The molecule has 1 aromatic rings. The summed E-state index contributed by atoms with van der Waals surface area (Å²) in [5, 5.41) is 18.8. The smallest absolute Gasteiger partial charge is 0.242 e. The lowest BCUT2D eigenvalue weighted by Crippen LogP contribution is -2.48. The van der Waals surface area contributed by atoms with Crippen molar-refractivity contribution in [3.8, 4) is 5.75 Å². The molecule has 0 aliphatic heterocycles. The zero-order valence-electron chi connectivity index (χ0n) is 20.5. The Bertz CT molecular complexity index is 637. The van der Waals surface area contributed by atoms with Gasteiger partial charge in [-0.1, -0.05) is 57.6 Å². The second-order valence-electron chi connectivity index (χ2n) is 8.75. The Morgan fingerprint density at radius 3 is 2.18 bits per heavy atom. The van der Waals surface area contributed by atoms with E-state index in [2.05, 4.69) is 22.9 Å². The lowest BCUT2D eigenvalue weighted by atomic mass is 10.0. The summed E-state index contributed by atoms with van der Waals surface area (Å²) in [5.41, 5.74) is 6.38. The summed E-state index contributed by atoms with van der Waals surface area (Å²) < 4.78 is 0. The minimum atomic E-state index is -0.601. The Morgan fingerprint density at radius 2 is 1.52 bits per heavy atom. The molecule has 2 amide bonds. The van der Waals surface area contributed by atoms with Crippen molar-refractivity contribution in [3.63, 3.8) is 0 Å². The Morgan fingerprint density at radius 1 is 0.879 bits per heavy atom. The molecule has 1 rings (SSSR count). The highest BCUT2D eigenvalue weighted by Gasteiger charge is 2.20. The zero-order valence-corrected chi connectivity index (χ0v) is 20.5. The molecule has 0 fully saturated rings. The highest BCUT2D eigenvalue weighted by Crippen LogP contribution is 2.12. The van der Waals surface area contributed by atoms with E-state index in [1.807, 2.05) is 0 Å². The first-order valence-corrected chi connectivity index (χ1v) is 12.8. The molecule has 0 saturated carbocycles. The van der Waals surface area contributed by atoms with Crippen LogP contribution < -0.4 is 21.7 Å². The van der Waals surface area contributed by atoms with E-state index >= 15 is 0 Å². The van der Waals surface area contributed by atoms with E-state index in [9.17, 15) is 14.7 Å². The van der Waals surface area contributed by atoms with Crippen molar-refractivity contribution >= 4 is 11.8 Å². The second-order valence-corrected chi connectivity index (χ2v) is 8.75. The maximum Gasteiger partial charge on any atom is 0.242 e. The van der Waals surface area contributed by atoms with Crippen LogP contribution in [0.15, 0.2) is 24.3 Å². The van der Waals surface area contributed by atoms with E-state index in [4.69, 9.17) is 5.73 Å². The van der Waals surface area contributed by atoms with Crippen LogP contribution >= 0.6 is 0 Å². The largest absolute Gasteiger partial charge is 0.508 e. The van der Waals surface area contributed by atoms with E-state index in [-0.39, 0.29) is 17.6 Å². The molecular formula is C26H46N4O3. The summed E-state index contributed by atoms with van der Waals surface area (Å²) in [5.74, 6) is -0.0402. The van der Waals surface area contributed by atoms with Crippen LogP contribution in [0.3, 0.4) is 0 Å². The van der Waals surface area contributed by atoms with Crippen molar-refractivity contribution in [1.29, 1.82) is 0 Å². The van der Waals surface area contributed by atoms with E-state index < -0.39 is 6.04 Å². The predicted octanol–water partition coefficient (Wildman–Crippen LogP) is 3.40. The van der Waals surface area contributed by atoms with Gasteiger partial charge in [0, 0.05) is 19.4 Å². The molecule has 0 radical (unpaired) electrons. The van der Waals surface area contributed by atoms with Crippen molar-refractivity contribution in [2.24, 2.45) is 5.73 Å². The van der Waals surface area contributed by atoms with Crippen molar-refractivity contribution in [2.75, 3.05) is 26.2 Å². The molecule has 7 heteroatoms. The van der Waals surface area contributed by atoms with Gasteiger partial charge in [0.1, 0.15) is 11.8 Å². The first kappa shape index (κ1) is 28.9. The van der Waals surface area contributed by atoms with Gasteiger partial charge in [-0.05, 0) is 63.0 Å². The molecule has 6 N–H and O–H groups in total. The topological polar surface area (TPSA) is 116 Å². The van der Waals surface area contributed by atoms with Gasteiger partial charge in [-0.15, -0.1) is 0 Å². The van der Waals surface area contributed by atoms with Gasteiger partial charge in [0.05, 0.1) is 0 Å². The molecule has 0 bridgehead atoms. The van der Waals surface area contributed by atoms with Gasteiger partial charge in [-0.3, -0.25) is 9.59 Å². The Kier molecular flexibility index (Phi) is 17.0. The summed E-state index contributed by atoms with van der Waals surface area (Å²) in [6, 6.07) is 6.17. The number of amides is 2. The average molecular weight is 463 g/mol.